The van der Waals surface area contributed by atoms with Crippen LogP contribution in [0.2, 0.25) is 0 Å². The number of ether oxygens (including phenoxy) is 1. The van der Waals surface area contributed by atoms with Crippen LogP contribution in [0.4, 0.5) is 4.39 Å². The topological polar surface area (TPSA) is 27.1 Å². The van der Waals surface area contributed by atoms with Gasteiger partial charge in [-0.1, -0.05) is 0 Å². The van der Waals surface area contributed by atoms with Crippen LogP contribution in [-0.2, 0) is 11.3 Å². The molecule has 0 aliphatic carbocycles. The van der Waals surface area contributed by atoms with Gasteiger partial charge in [0.15, 0.2) is 0 Å². The van der Waals surface area contributed by atoms with Gasteiger partial charge in [-0.15, -0.1) is 11.6 Å². The standard InChI is InChI=1S/C15H18ClFN2O/c1-10(16)15-18-13-8-12(17)2-3-14(13)19(15)9-11-4-6-20-7-5-11/h2-3,8,10-11H,4-7,9H2,1H3. The summed E-state index contributed by atoms with van der Waals surface area (Å²) in [5.41, 5.74) is 1.64. The lowest BCUT2D eigenvalue weighted by Gasteiger charge is -2.23. The highest BCUT2D eigenvalue weighted by Gasteiger charge is 2.20. The molecule has 1 saturated heterocycles. The number of rotatable bonds is 3. The first kappa shape index (κ1) is 13.8. The van der Waals surface area contributed by atoms with Gasteiger partial charge in [0.05, 0.1) is 16.4 Å². The number of alkyl halides is 1. The molecule has 1 aromatic carbocycles. The highest BCUT2D eigenvalue weighted by molar-refractivity contribution is 6.20. The molecule has 0 saturated carbocycles. The molecule has 0 N–H and O–H groups in total. The minimum atomic E-state index is -0.262. The second-order valence-electron chi connectivity index (χ2n) is 5.39. The van der Waals surface area contributed by atoms with E-state index in [1.165, 1.54) is 12.1 Å². The average molecular weight is 297 g/mol. The summed E-state index contributed by atoms with van der Waals surface area (Å²) in [6.07, 6.45) is 2.11. The third kappa shape index (κ3) is 2.67. The summed E-state index contributed by atoms with van der Waals surface area (Å²) in [5.74, 6) is 1.13. The van der Waals surface area contributed by atoms with Gasteiger partial charge < -0.3 is 9.30 Å². The van der Waals surface area contributed by atoms with E-state index in [1.807, 2.05) is 6.92 Å². The van der Waals surface area contributed by atoms with Crippen molar-refractivity contribution in [1.29, 1.82) is 0 Å². The molecule has 0 spiro atoms. The van der Waals surface area contributed by atoms with E-state index in [2.05, 4.69) is 9.55 Å². The number of hydrogen-bond donors (Lipinski definition) is 0. The Balaban J connectivity index is 1.99. The third-order valence-corrected chi connectivity index (χ3v) is 4.07. The smallest absolute Gasteiger partial charge is 0.127 e. The first-order chi connectivity index (χ1) is 9.65. The fraction of sp³-hybridized carbons (Fsp3) is 0.533. The quantitative estimate of drug-likeness (QED) is 0.803. The van der Waals surface area contributed by atoms with Crippen LogP contribution in [-0.4, -0.2) is 22.8 Å². The van der Waals surface area contributed by atoms with Gasteiger partial charge in [0.25, 0.3) is 0 Å². The SMILES string of the molecule is CC(Cl)c1nc2cc(F)ccc2n1CC1CCOCC1. The third-order valence-electron chi connectivity index (χ3n) is 3.88. The van der Waals surface area contributed by atoms with E-state index in [9.17, 15) is 4.39 Å². The largest absolute Gasteiger partial charge is 0.381 e. The van der Waals surface area contributed by atoms with Gasteiger partial charge in [-0.2, -0.15) is 0 Å². The molecule has 0 bridgehead atoms. The Hall–Kier alpha value is -1.13. The molecule has 108 valence electrons. The Morgan fingerprint density at radius 3 is 2.90 bits per heavy atom. The highest BCUT2D eigenvalue weighted by Crippen LogP contribution is 2.28. The van der Waals surface area contributed by atoms with Crippen LogP contribution in [0.5, 0.6) is 0 Å². The maximum absolute atomic E-state index is 13.3. The molecule has 20 heavy (non-hydrogen) atoms. The zero-order valence-corrected chi connectivity index (χ0v) is 12.2. The predicted molar refractivity (Wildman–Crippen MR) is 77.5 cm³/mol. The lowest BCUT2D eigenvalue weighted by molar-refractivity contribution is 0.0613. The van der Waals surface area contributed by atoms with Crippen molar-refractivity contribution in [1.82, 2.24) is 9.55 Å². The van der Waals surface area contributed by atoms with Gasteiger partial charge in [0.1, 0.15) is 11.6 Å². The molecule has 2 heterocycles. The first-order valence-corrected chi connectivity index (χ1v) is 7.46. The summed E-state index contributed by atoms with van der Waals surface area (Å²) in [6.45, 7) is 4.41. The van der Waals surface area contributed by atoms with E-state index in [0.717, 1.165) is 43.9 Å². The minimum Gasteiger partial charge on any atom is -0.381 e. The highest BCUT2D eigenvalue weighted by atomic mass is 35.5. The molecule has 2 aromatic rings. The van der Waals surface area contributed by atoms with Crippen molar-refractivity contribution in [3.05, 3.63) is 29.8 Å². The molecule has 5 heteroatoms. The number of halogens is 2. The zero-order chi connectivity index (χ0) is 14.1. The van der Waals surface area contributed by atoms with Crippen molar-refractivity contribution >= 4 is 22.6 Å². The molecular weight excluding hydrogens is 279 g/mol. The van der Waals surface area contributed by atoms with E-state index in [1.54, 1.807) is 6.07 Å². The normalized spacial score (nSPS) is 18.6. The lowest BCUT2D eigenvalue weighted by atomic mass is 10.0. The van der Waals surface area contributed by atoms with Crippen LogP contribution in [0.3, 0.4) is 0 Å². The monoisotopic (exact) mass is 296 g/mol. The van der Waals surface area contributed by atoms with E-state index in [4.69, 9.17) is 16.3 Å². The van der Waals surface area contributed by atoms with E-state index < -0.39 is 0 Å². The van der Waals surface area contributed by atoms with Gasteiger partial charge >= 0.3 is 0 Å². The molecule has 1 aromatic heterocycles. The Morgan fingerprint density at radius 2 is 2.20 bits per heavy atom. The molecule has 1 fully saturated rings. The van der Waals surface area contributed by atoms with Crippen LogP contribution in [0.15, 0.2) is 18.2 Å². The molecular formula is C15H18ClFN2O. The van der Waals surface area contributed by atoms with E-state index >= 15 is 0 Å². The number of nitrogens with zero attached hydrogens (tertiary/aromatic N) is 2. The Kier molecular flexibility index (Phi) is 3.94. The maximum atomic E-state index is 13.3. The summed E-state index contributed by atoms with van der Waals surface area (Å²) >= 11 is 6.24. The summed E-state index contributed by atoms with van der Waals surface area (Å²) in [6, 6.07) is 4.74. The number of aromatic nitrogens is 2. The number of imidazole rings is 1. The van der Waals surface area contributed by atoms with Crippen LogP contribution >= 0.6 is 11.6 Å². The van der Waals surface area contributed by atoms with Crippen LogP contribution in [0, 0.1) is 11.7 Å². The van der Waals surface area contributed by atoms with Crippen molar-refractivity contribution in [2.24, 2.45) is 5.92 Å². The maximum Gasteiger partial charge on any atom is 0.127 e. The van der Waals surface area contributed by atoms with Gasteiger partial charge in [0.2, 0.25) is 0 Å². The molecule has 3 rings (SSSR count). The van der Waals surface area contributed by atoms with Crippen LogP contribution < -0.4 is 0 Å². The molecule has 3 nitrogen and oxygen atoms in total. The summed E-state index contributed by atoms with van der Waals surface area (Å²) < 4.78 is 20.9. The summed E-state index contributed by atoms with van der Waals surface area (Å²) in [5, 5.41) is -0.190. The van der Waals surface area contributed by atoms with Crippen LogP contribution in [0.1, 0.15) is 31.0 Å². The molecule has 1 aliphatic heterocycles. The molecule has 0 amide bonds. The lowest BCUT2D eigenvalue weighted by Crippen LogP contribution is -2.21. The Labute approximate surface area is 122 Å². The second kappa shape index (κ2) is 5.70. The van der Waals surface area contributed by atoms with E-state index in [0.29, 0.717) is 11.4 Å². The summed E-state index contributed by atoms with van der Waals surface area (Å²) in [7, 11) is 0. The molecule has 0 radical (unpaired) electrons. The van der Waals surface area contributed by atoms with E-state index in [-0.39, 0.29) is 11.2 Å². The van der Waals surface area contributed by atoms with Gasteiger partial charge in [-0.3, -0.25) is 0 Å². The fourth-order valence-electron chi connectivity index (χ4n) is 2.80. The number of fused-ring (bicyclic) bond motifs is 1. The predicted octanol–water partition coefficient (Wildman–Crippen LogP) is 3.90. The summed E-state index contributed by atoms with van der Waals surface area (Å²) in [4.78, 5) is 4.50. The van der Waals surface area contributed by atoms with Gasteiger partial charge in [-0.05, 0) is 37.8 Å². The minimum absolute atomic E-state index is 0.190. The molecule has 1 aliphatic rings. The average Bonchev–Trinajstić information content (AvgIpc) is 2.78. The first-order valence-electron chi connectivity index (χ1n) is 7.02. The van der Waals surface area contributed by atoms with Crippen LogP contribution in [0.25, 0.3) is 11.0 Å². The van der Waals surface area contributed by atoms with Crippen molar-refractivity contribution in [2.75, 3.05) is 13.2 Å². The fourth-order valence-corrected chi connectivity index (χ4v) is 2.97. The number of hydrogen-bond acceptors (Lipinski definition) is 2. The van der Waals surface area contributed by atoms with Crippen molar-refractivity contribution < 1.29 is 9.13 Å². The number of benzene rings is 1. The van der Waals surface area contributed by atoms with Crippen molar-refractivity contribution in [3.63, 3.8) is 0 Å². The van der Waals surface area contributed by atoms with Gasteiger partial charge in [0, 0.05) is 25.8 Å². The zero-order valence-electron chi connectivity index (χ0n) is 11.5. The van der Waals surface area contributed by atoms with Gasteiger partial charge in [-0.25, -0.2) is 9.37 Å². The Morgan fingerprint density at radius 1 is 1.45 bits per heavy atom. The molecule has 1 atom stereocenters. The van der Waals surface area contributed by atoms with Crippen molar-refractivity contribution in [2.45, 2.75) is 31.7 Å². The molecule has 1 unspecified atom stereocenters. The second-order valence-corrected chi connectivity index (χ2v) is 6.04. The Bertz CT molecular complexity index is 605. The van der Waals surface area contributed by atoms with Crippen molar-refractivity contribution in [3.8, 4) is 0 Å².